The van der Waals surface area contributed by atoms with Crippen LogP contribution in [0.5, 0.6) is 0 Å². The van der Waals surface area contributed by atoms with Gasteiger partial charge in [-0.3, -0.25) is 4.79 Å². The van der Waals surface area contributed by atoms with Crippen LogP contribution in [0.3, 0.4) is 0 Å². The van der Waals surface area contributed by atoms with Gasteiger partial charge in [0.25, 0.3) is 16.1 Å². The van der Waals surface area contributed by atoms with E-state index in [4.69, 9.17) is 11.6 Å². The van der Waals surface area contributed by atoms with Crippen molar-refractivity contribution in [3.8, 4) is 0 Å². The minimum absolute atomic E-state index is 0.0250. The van der Waals surface area contributed by atoms with Gasteiger partial charge in [-0.05, 0) is 30.9 Å². The van der Waals surface area contributed by atoms with Gasteiger partial charge < -0.3 is 5.32 Å². The van der Waals surface area contributed by atoms with Crippen LogP contribution in [0.4, 0.5) is 4.39 Å². The normalized spacial score (nSPS) is 19.5. The predicted octanol–water partition coefficient (Wildman–Crippen LogP) is 1.73. The average Bonchev–Trinajstić information content (AvgIpc) is 2.53. The number of hydrogen-bond donors (Lipinski definition) is 1. The summed E-state index contributed by atoms with van der Waals surface area (Å²) in [6, 6.07) is 4.05. The Morgan fingerprint density at radius 1 is 1.46 bits per heavy atom. The second-order valence-electron chi connectivity index (χ2n) is 5.96. The van der Waals surface area contributed by atoms with Crippen LogP contribution in [0.15, 0.2) is 18.2 Å². The monoisotopic (exact) mass is 377 g/mol. The van der Waals surface area contributed by atoms with Gasteiger partial charge in [0.15, 0.2) is 0 Å². The Morgan fingerprint density at radius 3 is 2.79 bits per heavy atom. The zero-order chi connectivity index (χ0) is 17.9. The van der Waals surface area contributed by atoms with E-state index in [0.717, 1.165) is 6.42 Å². The maximum atomic E-state index is 13.7. The van der Waals surface area contributed by atoms with E-state index in [1.165, 1.54) is 40.9 Å². The molecule has 9 heteroatoms. The highest BCUT2D eigenvalue weighted by molar-refractivity contribution is 7.86. The molecule has 2 rings (SSSR count). The molecule has 0 aliphatic carbocycles. The van der Waals surface area contributed by atoms with Crippen LogP contribution < -0.4 is 5.32 Å². The lowest BCUT2D eigenvalue weighted by molar-refractivity contribution is 0.0937. The summed E-state index contributed by atoms with van der Waals surface area (Å²) >= 11 is 5.87. The van der Waals surface area contributed by atoms with Gasteiger partial charge in [0, 0.05) is 33.7 Å². The fourth-order valence-corrected chi connectivity index (χ4v) is 4.14. The Bertz CT molecular complexity index is 692. The van der Waals surface area contributed by atoms with Crippen molar-refractivity contribution in [1.29, 1.82) is 0 Å². The molecule has 1 aliphatic rings. The molecule has 1 amide bonds. The Kier molecular flexibility index (Phi) is 6.19. The lowest BCUT2D eigenvalue weighted by Gasteiger charge is -2.33. The third-order valence-electron chi connectivity index (χ3n) is 4.01. The molecule has 0 saturated carbocycles. The summed E-state index contributed by atoms with van der Waals surface area (Å²) in [7, 11) is -0.490. The molecule has 1 atom stereocenters. The smallest absolute Gasteiger partial charge is 0.281 e. The number of carbonyl (C=O) groups is 1. The number of nitrogens with zero attached hydrogens (tertiary/aromatic N) is 2. The quantitative estimate of drug-likeness (QED) is 0.849. The topological polar surface area (TPSA) is 69.7 Å². The molecule has 0 aromatic heterocycles. The first-order chi connectivity index (χ1) is 11.2. The molecule has 0 radical (unpaired) electrons. The lowest BCUT2D eigenvalue weighted by Crippen LogP contribution is -2.47. The molecule has 1 aliphatic heterocycles. The zero-order valence-corrected chi connectivity index (χ0v) is 15.2. The fraction of sp³-hybridized carbons (Fsp3) is 0.533. The van der Waals surface area contributed by atoms with Crippen molar-refractivity contribution in [2.45, 2.75) is 12.8 Å². The minimum atomic E-state index is -3.46. The zero-order valence-electron chi connectivity index (χ0n) is 13.6. The summed E-state index contributed by atoms with van der Waals surface area (Å²) in [5.41, 5.74) is -0.187. The Hall–Kier alpha value is -1.22. The van der Waals surface area contributed by atoms with Gasteiger partial charge in [0.05, 0.1) is 10.6 Å². The van der Waals surface area contributed by atoms with Crippen molar-refractivity contribution < 1.29 is 17.6 Å². The number of piperidine rings is 1. The van der Waals surface area contributed by atoms with Gasteiger partial charge in [-0.2, -0.15) is 17.0 Å². The molecule has 1 N–H and O–H groups in total. The molecule has 1 fully saturated rings. The number of halogens is 2. The van der Waals surface area contributed by atoms with Gasteiger partial charge in [0.1, 0.15) is 5.82 Å². The molecule has 1 aromatic carbocycles. The van der Waals surface area contributed by atoms with E-state index in [1.807, 2.05) is 0 Å². The highest BCUT2D eigenvalue weighted by Gasteiger charge is 2.30. The first-order valence-corrected chi connectivity index (χ1v) is 9.40. The van der Waals surface area contributed by atoms with Gasteiger partial charge >= 0.3 is 0 Å². The molecular formula is C15H21ClFN3O3S. The average molecular weight is 378 g/mol. The second kappa shape index (κ2) is 7.77. The standard InChI is InChI=1S/C15H21ClFN3O3S/c1-19(2)24(22,23)20-8-4-5-11(10-20)9-18-15(21)14-12(16)6-3-7-13(14)17/h3,6-7,11H,4-5,8-10H2,1-2H3,(H,18,21). The van der Waals surface area contributed by atoms with Gasteiger partial charge in [-0.1, -0.05) is 17.7 Å². The Balaban J connectivity index is 1.98. The van der Waals surface area contributed by atoms with Crippen LogP contribution in [0, 0.1) is 11.7 Å². The Morgan fingerprint density at radius 2 is 2.17 bits per heavy atom. The van der Waals surface area contributed by atoms with Crippen molar-refractivity contribution >= 4 is 27.7 Å². The molecule has 1 aromatic rings. The van der Waals surface area contributed by atoms with Crippen molar-refractivity contribution in [3.63, 3.8) is 0 Å². The molecule has 1 heterocycles. The summed E-state index contributed by atoms with van der Waals surface area (Å²) in [6.45, 7) is 1.05. The van der Waals surface area contributed by atoms with Crippen molar-refractivity contribution in [1.82, 2.24) is 13.9 Å². The summed E-state index contributed by atoms with van der Waals surface area (Å²) in [5, 5.41) is 2.70. The number of rotatable bonds is 5. The highest BCUT2D eigenvalue weighted by Crippen LogP contribution is 2.21. The van der Waals surface area contributed by atoms with Crippen LogP contribution in [0.1, 0.15) is 23.2 Å². The SMILES string of the molecule is CN(C)S(=O)(=O)N1CCCC(CNC(=O)c2c(F)cccc2Cl)C1. The third kappa shape index (κ3) is 4.24. The van der Waals surface area contributed by atoms with E-state index < -0.39 is 21.9 Å². The van der Waals surface area contributed by atoms with Crippen molar-refractivity contribution in [2.75, 3.05) is 33.7 Å². The van der Waals surface area contributed by atoms with Crippen LogP contribution in [0.2, 0.25) is 5.02 Å². The van der Waals surface area contributed by atoms with Crippen molar-refractivity contribution in [2.24, 2.45) is 5.92 Å². The van der Waals surface area contributed by atoms with Crippen LogP contribution in [-0.4, -0.2) is 56.7 Å². The van der Waals surface area contributed by atoms with Crippen molar-refractivity contribution in [3.05, 3.63) is 34.6 Å². The van der Waals surface area contributed by atoms with E-state index in [2.05, 4.69) is 5.32 Å². The van der Waals surface area contributed by atoms with Gasteiger partial charge in [-0.25, -0.2) is 4.39 Å². The number of carbonyl (C=O) groups excluding carboxylic acids is 1. The maximum Gasteiger partial charge on any atom is 0.281 e. The number of benzene rings is 1. The summed E-state index contributed by atoms with van der Waals surface area (Å²) in [5.74, 6) is -1.30. The number of amides is 1. The molecule has 1 saturated heterocycles. The fourth-order valence-electron chi connectivity index (χ4n) is 2.67. The Labute approximate surface area is 146 Å². The van der Waals surface area contributed by atoms with E-state index in [0.29, 0.717) is 19.5 Å². The largest absolute Gasteiger partial charge is 0.352 e. The minimum Gasteiger partial charge on any atom is -0.352 e. The van der Waals surface area contributed by atoms with E-state index in [9.17, 15) is 17.6 Å². The van der Waals surface area contributed by atoms with E-state index in [1.54, 1.807) is 0 Å². The van der Waals surface area contributed by atoms with E-state index in [-0.39, 0.29) is 23.0 Å². The first kappa shape index (κ1) is 19.1. The van der Waals surface area contributed by atoms with E-state index >= 15 is 0 Å². The predicted molar refractivity (Wildman–Crippen MR) is 90.6 cm³/mol. The summed E-state index contributed by atoms with van der Waals surface area (Å²) in [4.78, 5) is 12.1. The molecule has 0 spiro atoms. The molecule has 134 valence electrons. The number of nitrogens with one attached hydrogen (secondary N) is 1. The number of hydrogen-bond acceptors (Lipinski definition) is 3. The summed E-state index contributed by atoms with van der Waals surface area (Å²) < 4.78 is 40.7. The van der Waals surface area contributed by atoms with Crippen LogP contribution in [-0.2, 0) is 10.2 Å². The molecule has 6 nitrogen and oxygen atoms in total. The molecule has 0 bridgehead atoms. The maximum absolute atomic E-state index is 13.7. The molecule has 1 unspecified atom stereocenters. The van der Waals surface area contributed by atoms with Gasteiger partial charge in [-0.15, -0.1) is 0 Å². The third-order valence-corrected chi connectivity index (χ3v) is 6.23. The summed E-state index contributed by atoms with van der Waals surface area (Å²) in [6.07, 6.45) is 1.51. The first-order valence-electron chi connectivity index (χ1n) is 7.63. The van der Waals surface area contributed by atoms with Crippen LogP contribution >= 0.6 is 11.6 Å². The highest BCUT2D eigenvalue weighted by atomic mass is 35.5. The second-order valence-corrected chi connectivity index (χ2v) is 8.51. The molecular weight excluding hydrogens is 357 g/mol. The van der Waals surface area contributed by atoms with Crippen LogP contribution in [0.25, 0.3) is 0 Å². The van der Waals surface area contributed by atoms with Gasteiger partial charge in [0.2, 0.25) is 0 Å². The lowest BCUT2D eigenvalue weighted by atomic mass is 9.99. The molecule has 24 heavy (non-hydrogen) atoms.